The Kier molecular flexibility index (Phi) is 5.79. The van der Waals surface area contributed by atoms with E-state index in [1.807, 2.05) is 6.08 Å². The van der Waals surface area contributed by atoms with E-state index in [0.29, 0.717) is 17.0 Å². The van der Waals surface area contributed by atoms with Crippen LogP contribution in [0.2, 0.25) is 0 Å². The van der Waals surface area contributed by atoms with E-state index in [-0.39, 0.29) is 0 Å². The largest absolute Gasteiger partial charge is 0.192 e. The molecule has 0 radical (unpaired) electrons. The van der Waals surface area contributed by atoms with Gasteiger partial charge in [0.15, 0.2) is 0 Å². The molecule has 0 atom stereocenters. The lowest BCUT2D eigenvalue weighted by Crippen LogP contribution is -2.14. The van der Waals surface area contributed by atoms with Gasteiger partial charge in [-0.3, -0.25) is 0 Å². The maximum Gasteiger partial charge on any atom is 0.101 e. The third-order valence-electron chi connectivity index (χ3n) is 4.85. The van der Waals surface area contributed by atoms with Crippen LogP contribution < -0.4 is 0 Å². The second kappa shape index (κ2) is 7.81. The zero-order valence-electron chi connectivity index (χ0n) is 13.4. The summed E-state index contributed by atoms with van der Waals surface area (Å²) in [6, 6.07) is 8.75. The maximum atomic E-state index is 9.58. The van der Waals surface area contributed by atoms with Gasteiger partial charge in [-0.15, -0.1) is 6.58 Å². The fraction of sp³-hybridized carbons (Fsp3) is 0.500. The fourth-order valence-corrected chi connectivity index (χ4v) is 3.67. The molecule has 22 heavy (non-hydrogen) atoms. The minimum absolute atomic E-state index is 0.429. The molecule has 0 heterocycles. The highest BCUT2D eigenvalue weighted by Crippen LogP contribution is 2.39. The second-order valence-electron chi connectivity index (χ2n) is 6.28. The Hall–Kier alpha value is -2.06. The van der Waals surface area contributed by atoms with Crippen molar-refractivity contribution >= 4 is 0 Å². The average Bonchev–Trinajstić information content (AvgIpc) is 2.55. The van der Waals surface area contributed by atoms with E-state index >= 15 is 0 Å². The molecule has 2 heteroatoms. The Labute approximate surface area is 134 Å². The van der Waals surface area contributed by atoms with E-state index in [1.54, 1.807) is 0 Å². The maximum absolute atomic E-state index is 9.58. The first-order chi connectivity index (χ1) is 10.7. The highest BCUT2D eigenvalue weighted by molar-refractivity contribution is 5.55. The van der Waals surface area contributed by atoms with Crippen molar-refractivity contribution in [3.05, 3.63) is 47.0 Å². The Morgan fingerprint density at radius 2 is 1.82 bits per heavy atom. The molecule has 0 spiro atoms. The van der Waals surface area contributed by atoms with Gasteiger partial charge in [0.1, 0.15) is 12.1 Å². The summed E-state index contributed by atoms with van der Waals surface area (Å²) in [5, 5.41) is 19.1. The van der Waals surface area contributed by atoms with Gasteiger partial charge < -0.3 is 0 Å². The SMILES string of the molecule is C=CCC1CCC(c2ccc(CCC)c(C#N)c2C#N)CC1. The second-order valence-corrected chi connectivity index (χ2v) is 6.28. The normalized spacial score (nSPS) is 20.9. The number of nitrogens with zero attached hydrogens (tertiary/aromatic N) is 2. The van der Waals surface area contributed by atoms with E-state index in [1.165, 1.54) is 12.8 Å². The molecule has 2 nitrogen and oxygen atoms in total. The zero-order valence-corrected chi connectivity index (χ0v) is 13.4. The number of allylic oxidation sites excluding steroid dienone is 1. The molecule has 114 valence electrons. The average molecular weight is 292 g/mol. The zero-order chi connectivity index (χ0) is 15.9. The van der Waals surface area contributed by atoms with Gasteiger partial charge in [-0.1, -0.05) is 31.6 Å². The topological polar surface area (TPSA) is 47.6 Å². The fourth-order valence-electron chi connectivity index (χ4n) is 3.67. The van der Waals surface area contributed by atoms with Crippen molar-refractivity contribution in [3.8, 4) is 12.1 Å². The number of nitriles is 2. The predicted octanol–water partition coefficient (Wildman–Crippen LogP) is 5.23. The number of rotatable bonds is 5. The number of hydrogen-bond donors (Lipinski definition) is 0. The first-order valence-corrected chi connectivity index (χ1v) is 8.31. The summed E-state index contributed by atoms with van der Waals surface area (Å²) >= 11 is 0. The summed E-state index contributed by atoms with van der Waals surface area (Å²) in [5.41, 5.74) is 3.34. The molecule has 1 aliphatic rings. The lowest BCUT2D eigenvalue weighted by atomic mass is 9.75. The van der Waals surface area contributed by atoms with E-state index in [2.05, 4.69) is 37.8 Å². The standard InChI is InChI=1S/C20H24N2/c1-3-5-15-7-9-17(10-8-15)18-12-11-16(6-4-2)19(13-21)20(18)14-22/h3,11-12,15,17H,1,4-10H2,2H3. The summed E-state index contributed by atoms with van der Waals surface area (Å²) in [5.74, 6) is 1.17. The quantitative estimate of drug-likeness (QED) is 0.697. The van der Waals surface area contributed by atoms with Crippen LogP contribution in [0.4, 0.5) is 0 Å². The minimum atomic E-state index is 0.429. The Morgan fingerprint density at radius 3 is 2.36 bits per heavy atom. The van der Waals surface area contributed by atoms with Crippen LogP contribution in [0.3, 0.4) is 0 Å². The van der Waals surface area contributed by atoms with Crippen molar-refractivity contribution in [1.82, 2.24) is 0 Å². The van der Waals surface area contributed by atoms with Crippen LogP contribution in [0.15, 0.2) is 24.8 Å². The molecule has 0 aliphatic heterocycles. The van der Waals surface area contributed by atoms with Gasteiger partial charge in [-0.25, -0.2) is 0 Å². The first kappa shape index (κ1) is 16.3. The van der Waals surface area contributed by atoms with Gasteiger partial charge >= 0.3 is 0 Å². The number of benzene rings is 1. The van der Waals surface area contributed by atoms with E-state index < -0.39 is 0 Å². The summed E-state index contributed by atoms with van der Waals surface area (Å²) in [6.45, 7) is 5.93. The summed E-state index contributed by atoms with van der Waals surface area (Å²) in [4.78, 5) is 0. The molecule has 2 rings (SSSR count). The molecule has 0 saturated heterocycles. The molecule has 0 unspecified atom stereocenters. The molecular formula is C20H24N2. The van der Waals surface area contributed by atoms with Gasteiger partial charge in [0.05, 0.1) is 11.1 Å². The summed E-state index contributed by atoms with van der Waals surface area (Å²) in [6.07, 6.45) is 9.59. The van der Waals surface area contributed by atoms with Crippen LogP contribution in [0.1, 0.15) is 73.6 Å². The van der Waals surface area contributed by atoms with Gasteiger partial charge in [-0.05, 0) is 61.5 Å². The Bertz CT molecular complexity index is 608. The van der Waals surface area contributed by atoms with E-state index in [4.69, 9.17) is 0 Å². The first-order valence-electron chi connectivity index (χ1n) is 8.31. The molecule has 1 saturated carbocycles. The van der Waals surface area contributed by atoms with Gasteiger partial charge in [0, 0.05) is 0 Å². The molecule has 0 bridgehead atoms. The molecule has 1 aromatic rings. The van der Waals surface area contributed by atoms with Crippen LogP contribution in [-0.4, -0.2) is 0 Å². The van der Waals surface area contributed by atoms with Gasteiger partial charge in [-0.2, -0.15) is 10.5 Å². The highest BCUT2D eigenvalue weighted by Gasteiger charge is 2.25. The molecule has 0 aromatic heterocycles. The number of hydrogen-bond acceptors (Lipinski definition) is 2. The van der Waals surface area contributed by atoms with Gasteiger partial charge in [0.2, 0.25) is 0 Å². The third kappa shape index (κ3) is 3.40. The smallest absolute Gasteiger partial charge is 0.101 e. The lowest BCUT2D eigenvalue weighted by molar-refractivity contribution is 0.328. The number of aryl methyl sites for hydroxylation is 1. The highest BCUT2D eigenvalue weighted by atomic mass is 14.3. The van der Waals surface area contributed by atoms with Gasteiger partial charge in [0.25, 0.3) is 0 Å². The molecule has 1 aromatic carbocycles. The molecule has 0 N–H and O–H groups in total. The van der Waals surface area contributed by atoms with Crippen molar-refractivity contribution in [2.45, 2.75) is 57.8 Å². The van der Waals surface area contributed by atoms with Crippen LogP contribution in [0.5, 0.6) is 0 Å². The van der Waals surface area contributed by atoms with Crippen molar-refractivity contribution < 1.29 is 0 Å². The molecule has 1 aliphatic carbocycles. The van der Waals surface area contributed by atoms with E-state index in [0.717, 1.165) is 49.1 Å². The monoisotopic (exact) mass is 292 g/mol. The lowest BCUT2D eigenvalue weighted by Gasteiger charge is -2.29. The summed E-state index contributed by atoms with van der Waals surface area (Å²) < 4.78 is 0. The molecule has 1 fully saturated rings. The van der Waals surface area contributed by atoms with Crippen molar-refractivity contribution in [3.63, 3.8) is 0 Å². The molecule has 0 amide bonds. The minimum Gasteiger partial charge on any atom is -0.192 e. The van der Waals surface area contributed by atoms with Crippen LogP contribution in [0.25, 0.3) is 0 Å². The Morgan fingerprint density at radius 1 is 1.14 bits per heavy atom. The van der Waals surface area contributed by atoms with Crippen molar-refractivity contribution in [1.29, 1.82) is 10.5 Å². The summed E-state index contributed by atoms with van der Waals surface area (Å²) in [7, 11) is 0. The van der Waals surface area contributed by atoms with E-state index in [9.17, 15) is 10.5 Å². The van der Waals surface area contributed by atoms with Crippen LogP contribution >= 0.6 is 0 Å². The van der Waals surface area contributed by atoms with Crippen molar-refractivity contribution in [2.75, 3.05) is 0 Å². The Balaban J connectivity index is 2.27. The van der Waals surface area contributed by atoms with Crippen molar-refractivity contribution in [2.24, 2.45) is 5.92 Å². The van der Waals surface area contributed by atoms with Crippen LogP contribution in [0, 0.1) is 28.6 Å². The predicted molar refractivity (Wildman–Crippen MR) is 89.4 cm³/mol. The third-order valence-corrected chi connectivity index (χ3v) is 4.85. The molecular weight excluding hydrogens is 268 g/mol. The van der Waals surface area contributed by atoms with Crippen LogP contribution in [-0.2, 0) is 6.42 Å².